The fourth-order valence-electron chi connectivity index (χ4n) is 2.81. The molecule has 21 heavy (non-hydrogen) atoms. The smallest absolute Gasteiger partial charge is 0.274 e. The third kappa shape index (κ3) is 4.41. The van der Waals surface area contributed by atoms with Crippen LogP contribution in [-0.4, -0.2) is 39.9 Å². The minimum absolute atomic E-state index is 0.0152. The van der Waals surface area contributed by atoms with E-state index in [1.54, 1.807) is 12.4 Å². The molecule has 0 atom stereocenters. The van der Waals surface area contributed by atoms with Crippen LogP contribution in [0.15, 0.2) is 12.4 Å². The van der Waals surface area contributed by atoms with Gasteiger partial charge in [-0.25, -0.2) is 9.97 Å². The van der Waals surface area contributed by atoms with E-state index in [1.165, 1.54) is 25.7 Å². The second-order valence-electron chi connectivity index (χ2n) is 5.70. The SMILES string of the molecule is CCCN(CCC)C(=O)c1cnc(NC2CCCC2)cn1. The Morgan fingerprint density at radius 2 is 1.86 bits per heavy atom. The molecule has 1 saturated carbocycles. The molecule has 1 aliphatic carbocycles. The molecule has 0 unspecified atom stereocenters. The van der Waals surface area contributed by atoms with Crippen LogP contribution in [0.25, 0.3) is 0 Å². The number of nitrogens with one attached hydrogen (secondary N) is 1. The Balaban J connectivity index is 1.97. The molecule has 0 saturated heterocycles. The zero-order chi connectivity index (χ0) is 15.1. The van der Waals surface area contributed by atoms with Crippen LogP contribution in [-0.2, 0) is 0 Å². The van der Waals surface area contributed by atoms with E-state index in [-0.39, 0.29) is 5.91 Å². The van der Waals surface area contributed by atoms with Gasteiger partial charge in [0, 0.05) is 19.1 Å². The molecule has 0 aliphatic heterocycles. The molecule has 1 aliphatic rings. The number of hydrogen-bond donors (Lipinski definition) is 1. The summed E-state index contributed by atoms with van der Waals surface area (Å²) in [7, 11) is 0. The summed E-state index contributed by atoms with van der Waals surface area (Å²) in [4.78, 5) is 22.9. The van der Waals surface area contributed by atoms with Crippen LogP contribution in [0.3, 0.4) is 0 Å². The number of aromatic nitrogens is 2. The van der Waals surface area contributed by atoms with E-state index in [4.69, 9.17) is 0 Å². The van der Waals surface area contributed by atoms with Gasteiger partial charge >= 0.3 is 0 Å². The number of carbonyl (C=O) groups excluding carboxylic acids is 1. The van der Waals surface area contributed by atoms with Gasteiger partial charge < -0.3 is 10.2 Å². The lowest BCUT2D eigenvalue weighted by Crippen LogP contribution is -2.33. The first-order valence-electron chi connectivity index (χ1n) is 8.12. The zero-order valence-corrected chi connectivity index (χ0v) is 13.1. The summed E-state index contributed by atoms with van der Waals surface area (Å²) in [5.74, 6) is 0.759. The van der Waals surface area contributed by atoms with Crippen LogP contribution in [0.5, 0.6) is 0 Å². The first-order chi connectivity index (χ1) is 10.2. The van der Waals surface area contributed by atoms with E-state index >= 15 is 0 Å². The molecule has 1 aromatic rings. The maximum Gasteiger partial charge on any atom is 0.274 e. The molecule has 1 aromatic heterocycles. The van der Waals surface area contributed by atoms with E-state index in [0.717, 1.165) is 31.7 Å². The molecule has 0 radical (unpaired) electrons. The molecule has 116 valence electrons. The minimum Gasteiger partial charge on any atom is -0.366 e. The second-order valence-corrected chi connectivity index (χ2v) is 5.70. The first-order valence-corrected chi connectivity index (χ1v) is 8.12. The van der Waals surface area contributed by atoms with E-state index in [2.05, 4.69) is 29.1 Å². The Kier molecular flexibility index (Phi) is 5.96. The molecule has 0 aromatic carbocycles. The van der Waals surface area contributed by atoms with Crippen LogP contribution >= 0.6 is 0 Å². The molecule has 1 fully saturated rings. The Hall–Kier alpha value is -1.65. The van der Waals surface area contributed by atoms with E-state index in [9.17, 15) is 4.79 Å². The van der Waals surface area contributed by atoms with Gasteiger partial charge in [-0.05, 0) is 25.7 Å². The van der Waals surface area contributed by atoms with Crippen molar-refractivity contribution in [1.82, 2.24) is 14.9 Å². The monoisotopic (exact) mass is 290 g/mol. The van der Waals surface area contributed by atoms with Gasteiger partial charge in [0.1, 0.15) is 11.5 Å². The average molecular weight is 290 g/mol. The molecule has 0 spiro atoms. The first kappa shape index (κ1) is 15.7. The van der Waals surface area contributed by atoms with Crippen LogP contribution in [0.4, 0.5) is 5.82 Å². The Morgan fingerprint density at radius 1 is 1.19 bits per heavy atom. The Bertz CT molecular complexity index is 434. The lowest BCUT2D eigenvalue weighted by Gasteiger charge is -2.21. The van der Waals surface area contributed by atoms with Crippen molar-refractivity contribution in [1.29, 1.82) is 0 Å². The van der Waals surface area contributed by atoms with Gasteiger partial charge in [0.05, 0.1) is 12.4 Å². The highest BCUT2D eigenvalue weighted by Gasteiger charge is 2.18. The summed E-state index contributed by atoms with van der Waals surface area (Å²) in [5.41, 5.74) is 0.439. The highest BCUT2D eigenvalue weighted by molar-refractivity contribution is 5.92. The van der Waals surface area contributed by atoms with Gasteiger partial charge in [-0.1, -0.05) is 26.7 Å². The van der Waals surface area contributed by atoms with Gasteiger partial charge in [0.15, 0.2) is 0 Å². The number of rotatable bonds is 7. The Labute approximate surface area is 127 Å². The maximum absolute atomic E-state index is 12.4. The van der Waals surface area contributed by atoms with Gasteiger partial charge in [0.25, 0.3) is 5.91 Å². The summed E-state index contributed by atoms with van der Waals surface area (Å²) in [5, 5.41) is 3.39. The van der Waals surface area contributed by atoms with Gasteiger partial charge in [-0.3, -0.25) is 4.79 Å². The van der Waals surface area contributed by atoms with Crippen LogP contribution in [0.1, 0.15) is 62.9 Å². The third-order valence-corrected chi connectivity index (χ3v) is 3.85. The molecule has 5 nitrogen and oxygen atoms in total. The van der Waals surface area contributed by atoms with Crippen molar-refractivity contribution < 1.29 is 4.79 Å². The fraction of sp³-hybridized carbons (Fsp3) is 0.688. The number of nitrogens with zero attached hydrogens (tertiary/aromatic N) is 3. The van der Waals surface area contributed by atoms with Crippen molar-refractivity contribution in [3.8, 4) is 0 Å². The molecule has 1 amide bonds. The molecular formula is C16H26N4O. The van der Waals surface area contributed by atoms with E-state index in [0.29, 0.717) is 11.7 Å². The van der Waals surface area contributed by atoms with Crippen LogP contribution < -0.4 is 5.32 Å². The summed E-state index contributed by atoms with van der Waals surface area (Å²) < 4.78 is 0. The number of anilines is 1. The second kappa shape index (κ2) is 7.96. The fourth-order valence-corrected chi connectivity index (χ4v) is 2.81. The molecule has 5 heteroatoms. The van der Waals surface area contributed by atoms with Crippen molar-refractivity contribution in [3.05, 3.63) is 18.1 Å². The molecule has 0 bridgehead atoms. The van der Waals surface area contributed by atoms with E-state index in [1.807, 2.05) is 4.90 Å². The molecular weight excluding hydrogens is 264 g/mol. The summed E-state index contributed by atoms with van der Waals surface area (Å²) in [6.07, 6.45) is 10.2. The lowest BCUT2D eigenvalue weighted by molar-refractivity contribution is 0.0749. The highest BCUT2D eigenvalue weighted by Crippen LogP contribution is 2.21. The average Bonchev–Trinajstić information content (AvgIpc) is 3.00. The predicted molar refractivity (Wildman–Crippen MR) is 84.4 cm³/mol. The quantitative estimate of drug-likeness (QED) is 0.838. The predicted octanol–water partition coefficient (Wildman–Crippen LogP) is 3.09. The third-order valence-electron chi connectivity index (χ3n) is 3.85. The van der Waals surface area contributed by atoms with Crippen molar-refractivity contribution >= 4 is 11.7 Å². The van der Waals surface area contributed by atoms with Crippen LogP contribution in [0.2, 0.25) is 0 Å². The summed E-state index contributed by atoms with van der Waals surface area (Å²) in [6, 6.07) is 0.512. The highest BCUT2D eigenvalue weighted by atomic mass is 16.2. The number of carbonyl (C=O) groups is 1. The van der Waals surface area contributed by atoms with E-state index < -0.39 is 0 Å². The summed E-state index contributed by atoms with van der Waals surface area (Å²) in [6.45, 7) is 5.71. The van der Waals surface area contributed by atoms with Gasteiger partial charge in [-0.15, -0.1) is 0 Å². The summed E-state index contributed by atoms with van der Waals surface area (Å²) >= 11 is 0. The van der Waals surface area contributed by atoms with Gasteiger partial charge in [0.2, 0.25) is 0 Å². The van der Waals surface area contributed by atoms with Crippen molar-refractivity contribution in [2.75, 3.05) is 18.4 Å². The lowest BCUT2D eigenvalue weighted by atomic mass is 10.2. The number of hydrogen-bond acceptors (Lipinski definition) is 4. The topological polar surface area (TPSA) is 58.1 Å². The van der Waals surface area contributed by atoms with Crippen LogP contribution in [0, 0.1) is 0 Å². The largest absolute Gasteiger partial charge is 0.366 e. The maximum atomic E-state index is 12.4. The Morgan fingerprint density at radius 3 is 2.38 bits per heavy atom. The normalized spacial score (nSPS) is 15.1. The van der Waals surface area contributed by atoms with Crippen molar-refractivity contribution in [2.24, 2.45) is 0 Å². The van der Waals surface area contributed by atoms with Crippen molar-refractivity contribution in [2.45, 2.75) is 58.4 Å². The molecule has 1 N–H and O–H groups in total. The molecule has 2 rings (SSSR count). The van der Waals surface area contributed by atoms with Crippen molar-refractivity contribution in [3.63, 3.8) is 0 Å². The zero-order valence-electron chi connectivity index (χ0n) is 13.1. The van der Waals surface area contributed by atoms with Gasteiger partial charge in [-0.2, -0.15) is 0 Å². The minimum atomic E-state index is -0.0152. The molecule has 1 heterocycles. The standard InChI is InChI=1S/C16H26N4O/c1-3-9-20(10-4-2)16(21)14-11-18-15(12-17-14)19-13-7-5-6-8-13/h11-13H,3-10H2,1-2H3,(H,18,19). The number of amides is 1.